The fourth-order valence-corrected chi connectivity index (χ4v) is 1.51. The van der Waals surface area contributed by atoms with Crippen LogP contribution in [0.1, 0.15) is 5.56 Å². The molecule has 0 amide bonds. The summed E-state index contributed by atoms with van der Waals surface area (Å²) in [6, 6.07) is 13.0. The van der Waals surface area contributed by atoms with Gasteiger partial charge >= 0.3 is 5.97 Å². The molecule has 2 N–H and O–H groups in total. The average Bonchev–Trinajstić information content (AvgIpc) is 2.34. The van der Waals surface area contributed by atoms with Crippen LogP contribution in [0.25, 0.3) is 0 Å². The van der Waals surface area contributed by atoms with Gasteiger partial charge in [-0.3, -0.25) is 4.79 Å². The van der Waals surface area contributed by atoms with E-state index in [1.165, 1.54) is 12.1 Å². The Kier molecular flexibility index (Phi) is 3.48. The van der Waals surface area contributed by atoms with Crippen molar-refractivity contribution in [2.75, 3.05) is 0 Å². The largest absolute Gasteiger partial charge is 0.508 e. The SMILES string of the molecule is O=C(Cc1ccccc1)Oc1ccc(O)cc1O. The van der Waals surface area contributed by atoms with Gasteiger partial charge in [-0.1, -0.05) is 30.3 Å². The molecule has 0 aliphatic carbocycles. The number of carbonyl (C=O) groups excluding carboxylic acids is 1. The Morgan fingerprint density at radius 3 is 2.44 bits per heavy atom. The molecule has 18 heavy (non-hydrogen) atoms. The van der Waals surface area contributed by atoms with Crippen molar-refractivity contribution in [2.45, 2.75) is 6.42 Å². The van der Waals surface area contributed by atoms with E-state index < -0.39 is 5.97 Å². The van der Waals surface area contributed by atoms with Gasteiger partial charge in [-0.05, 0) is 17.7 Å². The molecule has 0 bridgehead atoms. The summed E-state index contributed by atoms with van der Waals surface area (Å²) in [5, 5.41) is 18.6. The number of benzene rings is 2. The minimum atomic E-state index is -0.470. The Morgan fingerprint density at radius 1 is 1.06 bits per heavy atom. The van der Waals surface area contributed by atoms with Crippen LogP contribution in [0.15, 0.2) is 48.5 Å². The molecule has 0 fully saturated rings. The molecule has 0 saturated carbocycles. The Morgan fingerprint density at radius 2 is 1.78 bits per heavy atom. The first-order valence-corrected chi connectivity index (χ1v) is 5.42. The number of carbonyl (C=O) groups is 1. The van der Waals surface area contributed by atoms with Crippen LogP contribution in [0.5, 0.6) is 17.2 Å². The van der Waals surface area contributed by atoms with Crippen molar-refractivity contribution in [3.8, 4) is 17.2 Å². The molecule has 0 atom stereocenters. The van der Waals surface area contributed by atoms with Gasteiger partial charge in [-0.2, -0.15) is 0 Å². The third-order valence-corrected chi connectivity index (χ3v) is 2.36. The zero-order valence-corrected chi connectivity index (χ0v) is 9.54. The van der Waals surface area contributed by atoms with Gasteiger partial charge in [0.15, 0.2) is 11.5 Å². The topological polar surface area (TPSA) is 66.8 Å². The van der Waals surface area contributed by atoms with Gasteiger partial charge in [0, 0.05) is 6.07 Å². The van der Waals surface area contributed by atoms with Crippen molar-refractivity contribution in [1.82, 2.24) is 0 Å². The number of ether oxygens (including phenoxy) is 1. The molecule has 0 aromatic heterocycles. The van der Waals surface area contributed by atoms with Gasteiger partial charge in [0.2, 0.25) is 0 Å². The number of hydrogen-bond acceptors (Lipinski definition) is 4. The van der Waals surface area contributed by atoms with Gasteiger partial charge < -0.3 is 14.9 Å². The maximum atomic E-state index is 11.6. The van der Waals surface area contributed by atoms with Gasteiger partial charge in [0.05, 0.1) is 6.42 Å². The average molecular weight is 244 g/mol. The van der Waals surface area contributed by atoms with E-state index in [9.17, 15) is 9.90 Å². The zero-order valence-electron chi connectivity index (χ0n) is 9.54. The van der Waals surface area contributed by atoms with Gasteiger partial charge in [-0.15, -0.1) is 0 Å². The molecule has 0 unspecified atom stereocenters. The second-order valence-electron chi connectivity index (χ2n) is 3.79. The van der Waals surface area contributed by atoms with Crippen molar-refractivity contribution in [3.05, 3.63) is 54.1 Å². The first kappa shape index (κ1) is 12.0. The van der Waals surface area contributed by atoms with E-state index in [4.69, 9.17) is 9.84 Å². The maximum absolute atomic E-state index is 11.6. The summed E-state index contributed by atoms with van der Waals surface area (Å²) in [5.74, 6) is -0.789. The first-order chi connectivity index (χ1) is 8.65. The van der Waals surface area contributed by atoms with Gasteiger partial charge in [0.25, 0.3) is 0 Å². The zero-order chi connectivity index (χ0) is 13.0. The molecular formula is C14H12O4. The van der Waals surface area contributed by atoms with Crippen molar-refractivity contribution >= 4 is 5.97 Å². The number of phenolic OH excluding ortho intramolecular Hbond substituents is 2. The lowest BCUT2D eigenvalue weighted by Crippen LogP contribution is -2.11. The molecule has 92 valence electrons. The third kappa shape index (κ3) is 3.01. The maximum Gasteiger partial charge on any atom is 0.315 e. The molecular weight excluding hydrogens is 232 g/mol. The highest BCUT2D eigenvalue weighted by atomic mass is 16.5. The molecule has 2 rings (SSSR count). The molecule has 2 aromatic carbocycles. The van der Waals surface area contributed by atoms with Crippen LogP contribution in [-0.4, -0.2) is 16.2 Å². The van der Waals surface area contributed by atoms with Gasteiger partial charge in [0.1, 0.15) is 5.75 Å². The van der Waals surface area contributed by atoms with Crippen LogP contribution in [0.3, 0.4) is 0 Å². The van der Waals surface area contributed by atoms with Crippen LogP contribution in [-0.2, 0) is 11.2 Å². The number of aromatic hydroxyl groups is 2. The predicted molar refractivity (Wildman–Crippen MR) is 65.6 cm³/mol. The highest BCUT2D eigenvalue weighted by Crippen LogP contribution is 2.29. The molecule has 4 nitrogen and oxygen atoms in total. The lowest BCUT2D eigenvalue weighted by Gasteiger charge is -2.06. The number of rotatable bonds is 3. The fraction of sp³-hybridized carbons (Fsp3) is 0.0714. The normalized spacial score (nSPS) is 10.0. The number of hydrogen-bond donors (Lipinski definition) is 2. The Balaban J connectivity index is 2.03. The van der Waals surface area contributed by atoms with E-state index in [-0.39, 0.29) is 23.7 Å². The summed E-state index contributed by atoms with van der Waals surface area (Å²) >= 11 is 0. The van der Waals surface area contributed by atoms with Gasteiger partial charge in [-0.25, -0.2) is 0 Å². The van der Waals surface area contributed by atoms with Crippen LogP contribution in [0, 0.1) is 0 Å². The smallest absolute Gasteiger partial charge is 0.315 e. The minimum absolute atomic E-state index is 0.0359. The Hall–Kier alpha value is -2.49. The lowest BCUT2D eigenvalue weighted by atomic mass is 10.1. The molecule has 0 heterocycles. The van der Waals surface area contributed by atoms with Crippen LogP contribution >= 0.6 is 0 Å². The van der Waals surface area contributed by atoms with E-state index in [1.807, 2.05) is 30.3 Å². The highest BCUT2D eigenvalue weighted by Gasteiger charge is 2.10. The monoisotopic (exact) mass is 244 g/mol. The predicted octanol–water partition coefficient (Wildman–Crippen LogP) is 2.25. The minimum Gasteiger partial charge on any atom is -0.508 e. The van der Waals surface area contributed by atoms with Crippen molar-refractivity contribution in [2.24, 2.45) is 0 Å². The van der Waals surface area contributed by atoms with Crippen LogP contribution in [0.4, 0.5) is 0 Å². The standard InChI is InChI=1S/C14H12O4/c15-11-6-7-13(12(16)9-11)18-14(17)8-10-4-2-1-3-5-10/h1-7,9,15-16H,8H2. The lowest BCUT2D eigenvalue weighted by molar-refractivity contribution is -0.133. The summed E-state index contributed by atoms with van der Waals surface area (Å²) in [6.07, 6.45) is 0.126. The second kappa shape index (κ2) is 5.23. The van der Waals surface area contributed by atoms with E-state index >= 15 is 0 Å². The second-order valence-corrected chi connectivity index (χ2v) is 3.79. The van der Waals surface area contributed by atoms with Crippen LogP contribution in [0.2, 0.25) is 0 Å². The summed E-state index contributed by atoms with van der Waals surface area (Å²) < 4.78 is 5.00. The molecule has 0 aliphatic heterocycles. The number of phenols is 2. The third-order valence-electron chi connectivity index (χ3n) is 2.36. The van der Waals surface area contributed by atoms with Crippen molar-refractivity contribution < 1.29 is 19.7 Å². The van der Waals surface area contributed by atoms with Crippen molar-refractivity contribution in [3.63, 3.8) is 0 Å². The van der Waals surface area contributed by atoms with E-state index in [1.54, 1.807) is 0 Å². The van der Waals surface area contributed by atoms with Crippen molar-refractivity contribution in [1.29, 1.82) is 0 Å². The number of esters is 1. The van der Waals surface area contributed by atoms with Crippen LogP contribution < -0.4 is 4.74 Å². The molecule has 0 saturated heterocycles. The van der Waals surface area contributed by atoms with E-state index in [0.29, 0.717) is 0 Å². The summed E-state index contributed by atoms with van der Waals surface area (Å²) in [6.45, 7) is 0. The molecule has 2 aromatic rings. The highest BCUT2D eigenvalue weighted by molar-refractivity contribution is 5.75. The molecule has 4 heteroatoms. The molecule has 0 radical (unpaired) electrons. The molecule has 0 spiro atoms. The summed E-state index contributed by atoms with van der Waals surface area (Å²) in [4.78, 5) is 11.6. The Bertz CT molecular complexity index is 549. The fourth-order valence-electron chi connectivity index (χ4n) is 1.51. The van der Waals surface area contributed by atoms with E-state index in [2.05, 4.69) is 0 Å². The first-order valence-electron chi connectivity index (χ1n) is 5.42. The molecule has 0 aliphatic rings. The van der Waals surface area contributed by atoms with E-state index in [0.717, 1.165) is 11.6 Å². The Labute approximate surface area is 104 Å². The summed E-state index contributed by atoms with van der Waals surface area (Å²) in [5.41, 5.74) is 0.834. The summed E-state index contributed by atoms with van der Waals surface area (Å²) in [7, 11) is 0. The quantitative estimate of drug-likeness (QED) is 0.642.